The molecule has 25 heavy (non-hydrogen) atoms. The van der Waals surface area contributed by atoms with Crippen molar-refractivity contribution in [3.8, 4) is 0 Å². The highest BCUT2D eigenvalue weighted by Gasteiger charge is 2.53. The van der Waals surface area contributed by atoms with E-state index in [1.54, 1.807) is 18.2 Å². The summed E-state index contributed by atoms with van der Waals surface area (Å²) >= 11 is 0. The molecule has 134 valence electrons. The highest BCUT2D eigenvalue weighted by molar-refractivity contribution is 5.91. The summed E-state index contributed by atoms with van der Waals surface area (Å²) < 4.78 is 25.7. The average molecular weight is 355 g/mol. The highest BCUT2D eigenvalue weighted by atomic mass is 19.3. The van der Waals surface area contributed by atoms with E-state index >= 15 is 0 Å². The molecule has 9 heteroatoms. The second-order valence-electron chi connectivity index (χ2n) is 5.14. The number of halogens is 2. The first-order valence-corrected chi connectivity index (χ1v) is 6.98. The fraction of sp³-hybridized carbons (Fsp3) is 0.250. The molecule has 2 unspecified atom stereocenters. The van der Waals surface area contributed by atoms with Crippen LogP contribution in [0.4, 0.5) is 14.5 Å². The van der Waals surface area contributed by atoms with Gasteiger partial charge >= 0.3 is 11.9 Å². The molecule has 0 spiro atoms. The fourth-order valence-electron chi connectivity index (χ4n) is 2.27. The largest absolute Gasteiger partial charge is 0.480 e. The van der Waals surface area contributed by atoms with Crippen molar-refractivity contribution in [1.82, 2.24) is 0 Å². The van der Waals surface area contributed by atoms with Crippen molar-refractivity contribution < 1.29 is 33.5 Å². The topological polar surface area (TPSA) is 118 Å². The number of nitrogens with zero attached hydrogens (tertiary/aromatic N) is 1. The van der Waals surface area contributed by atoms with Gasteiger partial charge in [0.1, 0.15) is 0 Å². The summed E-state index contributed by atoms with van der Waals surface area (Å²) in [7, 11) is 0. The Kier molecular flexibility index (Phi) is 6.49. The van der Waals surface area contributed by atoms with E-state index in [1.165, 1.54) is 19.1 Å². The number of nitro benzene ring substituents is 1. The first-order chi connectivity index (χ1) is 11.6. The number of non-ortho nitro benzene ring substituents is 1. The Morgan fingerprint density at radius 3 is 2.16 bits per heavy atom. The third kappa shape index (κ3) is 4.25. The Bertz CT molecular complexity index is 717. The Morgan fingerprint density at radius 2 is 1.80 bits per heavy atom. The van der Waals surface area contributed by atoms with Crippen LogP contribution >= 0.6 is 0 Å². The minimum atomic E-state index is -3.17. The van der Waals surface area contributed by atoms with Crippen LogP contribution in [-0.2, 0) is 9.59 Å². The SMILES string of the molecule is CC1C(C(=O)O)=CC=CC1(C(=O)O)C(F)F.O=[N+]([O-])c1ccccc1. The van der Waals surface area contributed by atoms with Crippen molar-refractivity contribution in [1.29, 1.82) is 0 Å². The summed E-state index contributed by atoms with van der Waals surface area (Å²) in [5.74, 6) is -4.39. The Balaban J connectivity index is 0.000000293. The predicted molar refractivity (Wildman–Crippen MR) is 83.2 cm³/mol. The van der Waals surface area contributed by atoms with Gasteiger partial charge in [-0.15, -0.1) is 0 Å². The number of rotatable bonds is 4. The molecule has 1 aliphatic rings. The first-order valence-electron chi connectivity index (χ1n) is 6.98. The number of nitro groups is 1. The summed E-state index contributed by atoms with van der Waals surface area (Å²) in [6.45, 7) is 1.17. The molecule has 7 nitrogen and oxygen atoms in total. The van der Waals surface area contributed by atoms with E-state index in [1.807, 2.05) is 0 Å². The second kappa shape index (κ2) is 8.13. The maximum atomic E-state index is 12.9. The van der Waals surface area contributed by atoms with Gasteiger partial charge in [0.2, 0.25) is 0 Å². The second-order valence-corrected chi connectivity index (χ2v) is 5.14. The number of para-hydroxylation sites is 1. The molecular weight excluding hydrogens is 340 g/mol. The minimum Gasteiger partial charge on any atom is -0.480 e. The van der Waals surface area contributed by atoms with Gasteiger partial charge in [-0.2, -0.15) is 0 Å². The third-order valence-corrected chi connectivity index (χ3v) is 3.78. The van der Waals surface area contributed by atoms with Gasteiger partial charge in [0.05, 0.1) is 4.92 Å². The smallest absolute Gasteiger partial charge is 0.331 e. The van der Waals surface area contributed by atoms with Crippen LogP contribution in [0.5, 0.6) is 0 Å². The zero-order valence-electron chi connectivity index (χ0n) is 13.0. The molecule has 2 N–H and O–H groups in total. The molecule has 0 aromatic heterocycles. The molecule has 0 saturated carbocycles. The molecule has 0 aliphatic heterocycles. The van der Waals surface area contributed by atoms with Crippen LogP contribution in [-0.4, -0.2) is 33.5 Å². The molecule has 0 fully saturated rings. The molecule has 1 aromatic carbocycles. The number of allylic oxidation sites excluding steroid dienone is 2. The molecule has 0 saturated heterocycles. The highest BCUT2D eigenvalue weighted by Crippen LogP contribution is 2.42. The van der Waals surface area contributed by atoms with Crippen LogP contribution < -0.4 is 0 Å². The lowest BCUT2D eigenvalue weighted by Gasteiger charge is -2.33. The van der Waals surface area contributed by atoms with Crippen LogP contribution in [0.2, 0.25) is 0 Å². The van der Waals surface area contributed by atoms with Crippen molar-refractivity contribution >= 4 is 17.6 Å². The molecule has 0 amide bonds. The van der Waals surface area contributed by atoms with Gasteiger partial charge in [-0.05, 0) is 0 Å². The quantitative estimate of drug-likeness (QED) is 0.633. The summed E-state index contributed by atoms with van der Waals surface area (Å²) in [5.41, 5.74) is -2.65. The molecule has 2 atom stereocenters. The van der Waals surface area contributed by atoms with Crippen LogP contribution in [0.3, 0.4) is 0 Å². The van der Waals surface area contributed by atoms with Gasteiger partial charge in [0.25, 0.3) is 12.1 Å². The van der Waals surface area contributed by atoms with E-state index in [0.29, 0.717) is 0 Å². The molecule has 0 radical (unpaired) electrons. The van der Waals surface area contributed by atoms with E-state index in [2.05, 4.69) is 0 Å². The van der Waals surface area contributed by atoms with Gasteiger partial charge in [-0.3, -0.25) is 14.9 Å². The Labute approximate surface area is 141 Å². The molecule has 0 heterocycles. The average Bonchev–Trinajstić information content (AvgIpc) is 2.55. The first kappa shape index (κ1) is 19.9. The number of hydrogen-bond acceptors (Lipinski definition) is 4. The van der Waals surface area contributed by atoms with Crippen molar-refractivity contribution in [3.05, 3.63) is 64.2 Å². The van der Waals surface area contributed by atoms with Gasteiger partial charge < -0.3 is 10.2 Å². The van der Waals surface area contributed by atoms with Crippen molar-refractivity contribution in [2.75, 3.05) is 0 Å². The molecule has 0 bridgehead atoms. The van der Waals surface area contributed by atoms with E-state index in [0.717, 1.165) is 18.2 Å². The fourth-order valence-corrected chi connectivity index (χ4v) is 2.27. The zero-order valence-corrected chi connectivity index (χ0v) is 13.0. The number of alkyl halides is 2. The van der Waals surface area contributed by atoms with Gasteiger partial charge in [0.15, 0.2) is 5.41 Å². The standard InChI is InChI=1S/C10H10F2O4.C6H5NO2/c1-5-6(7(13)14)3-2-4-10(5,8(11)12)9(15)16;8-7(9)6-4-2-1-3-5-6/h2-5,8H,1H3,(H,13,14)(H,15,16);1-5H. The van der Waals surface area contributed by atoms with Crippen molar-refractivity contribution in [3.63, 3.8) is 0 Å². The van der Waals surface area contributed by atoms with Gasteiger partial charge in [-0.25, -0.2) is 13.6 Å². The number of aliphatic carboxylic acids is 2. The van der Waals surface area contributed by atoms with Crippen LogP contribution in [0.15, 0.2) is 54.1 Å². The molecular formula is C16H15F2NO6. The lowest BCUT2D eigenvalue weighted by molar-refractivity contribution is -0.384. The zero-order chi connectivity index (χ0) is 19.2. The summed E-state index contributed by atoms with van der Waals surface area (Å²) in [4.78, 5) is 31.3. The van der Waals surface area contributed by atoms with E-state index < -0.39 is 34.6 Å². The van der Waals surface area contributed by atoms with Crippen LogP contribution in [0, 0.1) is 21.4 Å². The summed E-state index contributed by atoms with van der Waals surface area (Å²) in [5, 5.41) is 27.6. The van der Waals surface area contributed by atoms with E-state index in [-0.39, 0.29) is 11.3 Å². The lowest BCUT2D eigenvalue weighted by Crippen LogP contribution is -2.45. The lowest BCUT2D eigenvalue weighted by atomic mass is 9.70. The van der Waals surface area contributed by atoms with E-state index in [9.17, 15) is 28.5 Å². The number of hydrogen-bond donors (Lipinski definition) is 2. The summed E-state index contributed by atoms with van der Waals surface area (Å²) in [6.07, 6.45) is -0.142. The molecule has 2 rings (SSSR count). The minimum absolute atomic E-state index is 0.137. The third-order valence-electron chi connectivity index (χ3n) is 3.78. The number of carboxylic acids is 2. The Hall–Kier alpha value is -3.10. The predicted octanol–water partition coefficient (Wildman–Crippen LogP) is 3.13. The van der Waals surface area contributed by atoms with Gasteiger partial charge in [0, 0.05) is 23.6 Å². The maximum Gasteiger partial charge on any atom is 0.331 e. The van der Waals surface area contributed by atoms with Crippen LogP contribution in [0.25, 0.3) is 0 Å². The van der Waals surface area contributed by atoms with Crippen molar-refractivity contribution in [2.24, 2.45) is 11.3 Å². The van der Waals surface area contributed by atoms with Crippen LogP contribution in [0.1, 0.15) is 6.92 Å². The molecule has 1 aromatic rings. The van der Waals surface area contributed by atoms with E-state index in [4.69, 9.17) is 10.2 Å². The number of benzene rings is 1. The Morgan fingerprint density at radius 1 is 1.24 bits per heavy atom. The maximum absolute atomic E-state index is 12.9. The number of carboxylic acid groups (broad SMARTS) is 2. The number of carbonyl (C=O) groups is 2. The monoisotopic (exact) mass is 355 g/mol. The van der Waals surface area contributed by atoms with Crippen molar-refractivity contribution in [2.45, 2.75) is 13.3 Å². The normalized spacial score (nSPS) is 21.8. The van der Waals surface area contributed by atoms with Gasteiger partial charge in [-0.1, -0.05) is 43.4 Å². The molecule has 1 aliphatic carbocycles. The summed E-state index contributed by atoms with van der Waals surface area (Å²) in [6, 6.07) is 7.93.